The summed E-state index contributed by atoms with van der Waals surface area (Å²) >= 11 is 0. The molecule has 2 aromatic rings. The van der Waals surface area contributed by atoms with E-state index in [4.69, 9.17) is 5.73 Å². The number of nitrogen functional groups attached to an aromatic ring is 1. The molecule has 0 spiro atoms. The highest BCUT2D eigenvalue weighted by atomic mass is 14.9. The smallest absolute Gasteiger partial charge is 0.145 e. The highest BCUT2D eigenvalue weighted by molar-refractivity contribution is 5.59. The van der Waals surface area contributed by atoms with E-state index in [0.29, 0.717) is 5.82 Å². The molecule has 4 heteroatoms. The van der Waals surface area contributed by atoms with Crippen molar-refractivity contribution in [2.45, 2.75) is 20.3 Å². The van der Waals surface area contributed by atoms with Gasteiger partial charge in [-0.1, -0.05) is 6.92 Å². The van der Waals surface area contributed by atoms with E-state index in [1.54, 1.807) is 12.4 Å². The molecule has 0 aliphatic rings. The van der Waals surface area contributed by atoms with E-state index in [1.165, 1.54) is 0 Å². The number of pyridine rings is 1. The Bertz CT molecular complexity index is 508. The third-order valence-electron chi connectivity index (χ3n) is 2.38. The third kappa shape index (κ3) is 2.00. The van der Waals surface area contributed by atoms with Crippen molar-refractivity contribution >= 4 is 5.82 Å². The summed E-state index contributed by atoms with van der Waals surface area (Å²) in [5.74, 6) is 0.506. The molecular weight excluding hydrogens is 200 g/mol. The van der Waals surface area contributed by atoms with Crippen molar-refractivity contribution in [2.24, 2.45) is 0 Å². The van der Waals surface area contributed by atoms with Crippen LogP contribution in [0.3, 0.4) is 0 Å². The monoisotopic (exact) mass is 214 g/mol. The zero-order valence-corrected chi connectivity index (χ0v) is 9.44. The van der Waals surface area contributed by atoms with Gasteiger partial charge in [0.05, 0.1) is 17.6 Å². The van der Waals surface area contributed by atoms with Gasteiger partial charge in [-0.3, -0.25) is 4.98 Å². The zero-order chi connectivity index (χ0) is 11.5. The van der Waals surface area contributed by atoms with Gasteiger partial charge < -0.3 is 5.73 Å². The molecule has 0 fully saturated rings. The Balaban J connectivity index is 2.48. The first kappa shape index (κ1) is 10.5. The second-order valence-corrected chi connectivity index (χ2v) is 3.69. The quantitative estimate of drug-likeness (QED) is 0.830. The lowest BCUT2D eigenvalue weighted by Gasteiger charge is -2.05. The number of hydrogen-bond donors (Lipinski definition) is 1. The first-order valence-electron chi connectivity index (χ1n) is 5.24. The molecule has 0 atom stereocenters. The van der Waals surface area contributed by atoms with Crippen LogP contribution in [0.2, 0.25) is 0 Å². The van der Waals surface area contributed by atoms with Gasteiger partial charge >= 0.3 is 0 Å². The number of aromatic nitrogens is 3. The Labute approximate surface area is 94.6 Å². The SMILES string of the molecule is CCc1nc(-c2cncc(C)c2)cnc1N. The van der Waals surface area contributed by atoms with Crippen LogP contribution < -0.4 is 5.73 Å². The summed E-state index contributed by atoms with van der Waals surface area (Å²) in [6.45, 7) is 4.01. The zero-order valence-electron chi connectivity index (χ0n) is 9.44. The maximum atomic E-state index is 5.72. The average molecular weight is 214 g/mol. The normalized spacial score (nSPS) is 10.4. The Morgan fingerprint density at radius 3 is 2.75 bits per heavy atom. The van der Waals surface area contributed by atoms with Gasteiger partial charge in [-0.25, -0.2) is 9.97 Å². The van der Waals surface area contributed by atoms with Crippen LogP contribution in [0.1, 0.15) is 18.2 Å². The molecular formula is C12H14N4. The van der Waals surface area contributed by atoms with E-state index in [2.05, 4.69) is 15.0 Å². The highest BCUT2D eigenvalue weighted by Crippen LogP contribution is 2.18. The van der Waals surface area contributed by atoms with Gasteiger partial charge in [0.25, 0.3) is 0 Å². The highest BCUT2D eigenvalue weighted by Gasteiger charge is 2.05. The van der Waals surface area contributed by atoms with Gasteiger partial charge in [0.2, 0.25) is 0 Å². The van der Waals surface area contributed by atoms with Crippen LogP contribution in [-0.4, -0.2) is 15.0 Å². The van der Waals surface area contributed by atoms with Gasteiger partial charge in [0.15, 0.2) is 0 Å². The summed E-state index contributed by atoms with van der Waals surface area (Å²) in [6.07, 6.45) is 6.07. The fraction of sp³-hybridized carbons (Fsp3) is 0.250. The minimum Gasteiger partial charge on any atom is -0.382 e. The van der Waals surface area contributed by atoms with Gasteiger partial charge in [0, 0.05) is 18.0 Å². The summed E-state index contributed by atoms with van der Waals surface area (Å²) in [5.41, 5.74) is 9.45. The predicted octanol–water partition coefficient (Wildman–Crippen LogP) is 1.99. The Hall–Kier alpha value is -1.97. The van der Waals surface area contributed by atoms with Crippen LogP contribution >= 0.6 is 0 Å². The standard InChI is InChI=1S/C12H14N4/c1-3-10-12(13)15-7-11(16-10)9-4-8(2)5-14-6-9/h4-7H,3H2,1-2H3,(H2,13,15). The molecule has 2 N–H and O–H groups in total. The van der Waals surface area contributed by atoms with E-state index < -0.39 is 0 Å². The van der Waals surface area contributed by atoms with Crippen LogP contribution in [0.15, 0.2) is 24.7 Å². The number of nitrogens with zero attached hydrogens (tertiary/aromatic N) is 3. The van der Waals surface area contributed by atoms with Gasteiger partial charge in [-0.15, -0.1) is 0 Å². The minimum atomic E-state index is 0.506. The summed E-state index contributed by atoms with van der Waals surface area (Å²) in [4.78, 5) is 12.8. The Morgan fingerprint density at radius 2 is 2.06 bits per heavy atom. The summed E-state index contributed by atoms with van der Waals surface area (Å²) < 4.78 is 0. The first-order chi connectivity index (χ1) is 7.70. The maximum Gasteiger partial charge on any atom is 0.145 e. The largest absolute Gasteiger partial charge is 0.382 e. The molecule has 0 saturated heterocycles. The van der Waals surface area contributed by atoms with Gasteiger partial charge in [0.1, 0.15) is 5.82 Å². The predicted molar refractivity (Wildman–Crippen MR) is 63.8 cm³/mol. The van der Waals surface area contributed by atoms with Crippen molar-refractivity contribution < 1.29 is 0 Å². The number of hydrogen-bond acceptors (Lipinski definition) is 4. The van der Waals surface area contributed by atoms with Crippen molar-refractivity contribution in [3.05, 3.63) is 35.9 Å². The summed E-state index contributed by atoms with van der Waals surface area (Å²) in [7, 11) is 0. The van der Waals surface area contributed by atoms with Crippen molar-refractivity contribution in [3.8, 4) is 11.3 Å². The molecule has 2 heterocycles. The number of anilines is 1. The molecule has 2 rings (SSSR count). The van der Waals surface area contributed by atoms with E-state index in [0.717, 1.165) is 28.9 Å². The third-order valence-corrected chi connectivity index (χ3v) is 2.38. The minimum absolute atomic E-state index is 0.506. The van der Waals surface area contributed by atoms with Crippen molar-refractivity contribution in [1.29, 1.82) is 0 Å². The van der Waals surface area contributed by atoms with Crippen LogP contribution in [0, 0.1) is 6.92 Å². The average Bonchev–Trinajstić information content (AvgIpc) is 2.29. The van der Waals surface area contributed by atoms with Crippen LogP contribution in [0.25, 0.3) is 11.3 Å². The molecule has 82 valence electrons. The lowest BCUT2D eigenvalue weighted by atomic mass is 10.1. The Kier molecular flexibility index (Phi) is 2.81. The maximum absolute atomic E-state index is 5.72. The number of nitrogens with two attached hydrogens (primary N) is 1. The summed E-state index contributed by atoms with van der Waals surface area (Å²) in [5, 5.41) is 0. The molecule has 0 saturated carbocycles. The molecule has 0 amide bonds. The first-order valence-corrected chi connectivity index (χ1v) is 5.24. The van der Waals surface area contributed by atoms with E-state index >= 15 is 0 Å². The molecule has 2 aromatic heterocycles. The number of rotatable bonds is 2. The number of aryl methyl sites for hydroxylation is 2. The van der Waals surface area contributed by atoms with Gasteiger partial charge in [-0.2, -0.15) is 0 Å². The molecule has 0 bridgehead atoms. The molecule has 16 heavy (non-hydrogen) atoms. The van der Waals surface area contributed by atoms with E-state index in [9.17, 15) is 0 Å². The Morgan fingerprint density at radius 1 is 1.25 bits per heavy atom. The van der Waals surface area contributed by atoms with E-state index in [-0.39, 0.29) is 0 Å². The topological polar surface area (TPSA) is 64.7 Å². The van der Waals surface area contributed by atoms with Crippen molar-refractivity contribution in [1.82, 2.24) is 15.0 Å². The van der Waals surface area contributed by atoms with Gasteiger partial charge in [-0.05, 0) is 25.0 Å². The fourth-order valence-corrected chi connectivity index (χ4v) is 1.53. The van der Waals surface area contributed by atoms with Crippen LogP contribution in [-0.2, 0) is 6.42 Å². The molecule has 0 aromatic carbocycles. The van der Waals surface area contributed by atoms with E-state index in [1.807, 2.05) is 26.1 Å². The second-order valence-electron chi connectivity index (χ2n) is 3.69. The summed E-state index contributed by atoms with van der Waals surface area (Å²) in [6, 6.07) is 2.03. The van der Waals surface area contributed by atoms with Crippen molar-refractivity contribution in [2.75, 3.05) is 5.73 Å². The lowest BCUT2D eigenvalue weighted by Crippen LogP contribution is -2.01. The fourth-order valence-electron chi connectivity index (χ4n) is 1.53. The molecule has 0 aliphatic carbocycles. The molecule has 4 nitrogen and oxygen atoms in total. The molecule has 0 aliphatic heterocycles. The van der Waals surface area contributed by atoms with Crippen LogP contribution in [0.5, 0.6) is 0 Å². The van der Waals surface area contributed by atoms with Crippen LogP contribution in [0.4, 0.5) is 5.82 Å². The molecule has 0 unspecified atom stereocenters. The molecule has 0 radical (unpaired) electrons. The second kappa shape index (κ2) is 4.26. The van der Waals surface area contributed by atoms with Crippen molar-refractivity contribution in [3.63, 3.8) is 0 Å². The lowest BCUT2D eigenvalue weighted by molar-refractivity contribution is 1.01.